The van der Waals surface area contributed by atoms with Gasteiger partial charge in [0.25, 0.3) is 0 Å². The van der Waals surface area contributed by atoms with E-state index in [9.17, 15) is 4.39 Å². The molecule has 1 aliphatic rings. The molecule has 110 valence electrons. The van der Waals surface area contributed by atoms with Gasteiger partial charge >= 0.3 is 0 Å². The molecule has 5 heteroatoms. The first-order chi connectivity index (χ1) is 10.2. The van der Waals surface area contributed by atoms with Gasteiger partial charge in [0, 0.05) is 28.4 Å². The molecule has 3 N–H and O–H groups in total. The first-order valence-electron chi connectivity index (χ1n) is 7.06. The Bertz CT molecular complexity index is 627. The van der Waals surface area contributed by atoms with Crippen molar-refractivity contribution in [1.82, 2.24) is 10.4 Å². The van der Waals surface area contributed by atoms with Crippen LogP contribution in [0.1, 0.15) is 41.6 Å². The van der Waals surface area contributed by atoms with Crippen LogP contribution in [0, 0.1) is 5.82 Å². The van der Waals surface area contributed by atoms with Gasteiger partial charge in [-0.15, -0.1) is 0 Å². The van der Waals surface area contributed by atoms with Crippen LogP contribution >= 0.6 is 11.6 Å². The van der Waals surface area contributed by atoms with Gasteiger partial charge in [0.05, 0.1) is 6.04 Å². The summed E-state index contributed by atoms with van der Waals surface area (Å²) >= 11 is 6.19. The van der Waals surface area contributed by atoms with Crippen LogP contribution in [0.3, 0.4) is 0 Å². The zero-order valence-electron chi connectivity index (χ0n) is 11.5. The van der Waals surface area contributed by atoms with E-state index in [0.717, 1.165) is 25.0 Å². The minimum Gasteiger partial charge on any atom is -0.271 e. The van der Waals surface area contributed by atoms with E-state index in [1.54, 1.807) is 18.3 Å². The Labute approximate surface area is 128 Å². The topological polar surface area (TPSA) is 50.9 Å². The van der Waals surface area contributed by atoms with Crippen molar-refractivity contribution in [2.24, 2.45) is 5.84 Å². The molecule has 1 aliphatic carbocycles. The highest BCUT2D eigenvalue weighted by molar-refractivity contribution is 6.31. The van der Waals surface area contributed by atoms with Crippen LogP contribution in [0.5, 0.6) is 0 Å². The average molecular weight is 306 g/mol. The Balaban J connectivity index is 2.06. The van der Waals surface area contributed by atoms with E-state index < -0.39 is 0 Å². The monoisotopic (exact) mass is 305 g/mol. The molecule has 0 bridgehead atoms. The van der Waals surface area contributed by atoms with E-state index in [2.05, 4.69) is 16.5 Å². The number of nitrogens with two attached hydrogens (primary N) is 1. The molecule has 0 spiro atoms. The summed E-state index contributed by atoms with van der Waals surface area (Å²) in [6.07, 6.45) is 4.72. The fraction of sp³-hybridized carbons (Fsp3) is 0.312. The SMILES string of the molecule is NNC(c1c(F)cccc1Cl)C1CCCc2cccnc21. The van der Waals surface area contributed by atoms with E-state index in [-0.39, 0.29) is 17.8 Å². The number of aryl methyl sites for hydroxylation is 1. The number of fused-ring (bicyclic) bond motifs is 1. The highest BCUT2D eigenvalue weighted by Crippen LogP contribution is 2.41. The molecule has 2 atom stereocenters. The Morgan fingerprint density at radius 1 is 1.33 bits per heavy atom. The van der Waals surface area contributed by atoms with Gasteiger partial charge in [-0.2, -0.15) is 0 Å². The molecule has 1 heterocycles. The van der Waals surface area contributed by atoms with Crippen molar-refractivity contribution in [2.75, 3.05) is 0 Å². The highest BCUT2D eigenvalue weighted by atomic mass is 35.5. The molecule has 2 aromatic rings. The largest absolute Gasteiger partial charge is 0.271 e. The first-order valence-corrected chi connectivity index (χ1v) is 7.44. The van der Waals surface area contributed by atoms with Gasteiger partial charge in [0.1, 0.15) is 5.82 Å². The lowest BCUT2D eigenvalue weighted by molar-refractivity contribution is 0.388. The lowest BCUT2D eigenvalue weighted by atomic mass is 9.79. The maximum Gasteiger partial charge on any atom is 0.129 e. The Hall–Kier alpha value is -1.49. The minimum absolute atomic E-state index is 0.0225. The van der Waals surface area contributed by atoms with Gasteiger partial charge in [-0.1, -0.05) is 23.7 Å². The van der Waals surface area contributed by atoms with Gasteiger partial charge in [0.15, 0.2) is 0 Å². The summed E-state index contributed by atoms with van der Waals surface area (Å²) < 4.78 is 14.2. The number of rotatable bonds is 3. The summed E-state index contributed by atoms with van der Waals surface area (Å²) in [5, 5.41) is 0.390. The molecule has 21 heavy (non-hydrogen) atoms. The second-order valence-electron chi connectivity index (χ2n) is 5.33. The second-order valence-corrected chi connectivity index (χ2v) is 5.73. The van der Waals surface area contributed by atoms with Gasteiger partial charge in [-0.25, -0.2) is 4.39 Å². The van der Waals surface area contributed by atoms with Crippen LogP contribution < -0.4 is 11.3 Å². The van der Waals surface area contributed by atoms with Crippen molar-refractivity contribution < 1.29 is 4.39 Å². The summed E-state index contributed by atoms with van der Waals surface area (Å²) in [5.41, 5.74) is 5.37. The van der Waals surface area contributed by atoms with Crippen LogP contribution in [0.25, 0.3) is 0 Å². The van der Waals surface area contributed by atoms with Crippen molar-refractivity contribution in [2.45, 2.75) is 31.2 Å². The van der Waals surface area contributed by atoms with E-state index >= 15 is 0 Å². The molecule has 2 unspecified atom stereocenters. The van der Waals surface area contributed by atoms with Gasteiger partial charge in [0.2, 0.25) is 0 Å². The average Bonchev–Trinajstić information content (AvgIpc) is 2.51. The molecule has 3 rings (SSSR count). The number of hydrazine groups is 1. The van der Waals surface area contributed by atoms with Crippen molar-refractivity contribution >= 4 is 11.6 Å². The second kappa shape index (κ2) is 6.10. The number of nitrogens with one attached hydrogen (secondary N) is 1. The number of pyridine rings is 1. The van der Waals surface area contributed by atoms with Gasteiger partial charge < -0.3 is 0 Å². The van der Waals surface area contributed by atoms with Crippen molar-refractivity contribution in [3.8, 4) is 0 Å². The molecule has 0 saturated heterocycles. The molecule has 0 fully saturated rings. The molecular formula is C16H17ClFN3. The smallest absolute Gasteiger partial charge is 0.129 e. The predicted molar refractivity (Wildman–Crippen MR) is 81.4 cm³/mol. The first kappa shape index (κ1) is 14.4. The molecule has 3 nitrogen and oxygen atoms in total. The number of benzene rings is 1. The lowest BCUT2D eigenvalue weighted by Crippen LogP contribution is -2.35. The standard InChI is InChI=1S/C16H17ClFN3/c17-12-7-2-8-13(18)14(12)16(21-19)11-6-1-4-10-5-3-9-20-15(10)11/h2-3,5,7-9,11,16,21H,1,4,6,19H2. The zero-order valence-corrected chi connectivity index (χ0v) is 12.3. The van der Waals surface area contributed by atoms with Gasteiger partial charge in [-0.05, 0) is 43.0 Å². The lowest BCUT2D eigenvalue weighted by Gasteiger charge is -2.31. The molecule has 0 radical (unpaired) electrons. The third kappa shape index (κ3) is 2.67. The van der Waals surface area contributed by atoms with E-state index in [1.807, 2.05) is 6.07 Å². The molecule has 0 saturated carbocycles. The molecule has 0 amide bonds. The summed E-state index contributed by atoms with van der Waals surface area (Å²) in [6, 6.07) is 8.32. The predicted octanol–water partition coefficient (Wildman–Crippen LogP) is 3.50. The fourth-order valence-electron chi connectivity index (χ4n) is 3.18. The Kier molecular flexibility index (Phi) is 4.19. The summed E-state index contributed by atoms with van der Waals surface area (Å²) in [5.74, 6) is 5.41. The maximum absolute atomic E-state index is 14.2. The number of nitrogens with zero attached hydrogens (tertiary/aromatic N) is 1. The minimum atomic E-state index is -0.382. The van der Waals surface area contributed by atoms with Crippen LogP contribution in [0.4, 0.5) is 4.39 Å². The van der Waals surface area contributed by atoms with Crippen LogP contribution in [0.15, 0.2) is 36.5 Å². The summed E-state index contributed by atoms with van der Waals surface area (Å²) in [6.45, 7) is 0. The quantitative estimate of drug-likeness (QED) is 0.674. The van der Waals surface area contributed by atoms with Crippen molar-refractivity contribution in [3.63, 3.8) is 0 Å². The molecule has 0 aliphatic heterocycles. The Morgan fingerprint density at radius 2 is 2.19 bits per heavy atom. The normalized spacial score (nSPS) is 19.1. The summed E-state index contributed by atoms with van der Waals surface area (Å²) in [4.78, 5) is 4.49. The Morgan fingerprint density at radius 3 is 2.95 bits per heavy atom. The number of hydrogen-bond donors (Lipinski definition) is 2. The number of halogens is 2. The third-order valence-corrected chi connectivity index (χ3v) is 4.46. The van der Waals surface area contributed by atoms with Crippen LogP contribution in [0.2, 0.25) is 5.02 Å². The van der Waals surface area contributed by atoms with E-state index in [1.165, 1.54) is 11.6 Å². The summed E-state index contributed by atoms with van der Waals surface area (Å²) in [7, 11) is 0. The van der Waals surface area contributed by atoms with E-state index in [0.29, 0.717) is 10.6 Å². The molecule has 1 aromatic carbocycles. The third-order valence-electron chi connectivity index (χ3n) is 4.13. The number of hydrogen-bond acceptors (Lipinski definition) is 3. The number of aromatic nitrogens is 1. The van der Waals surface area contributed by atoms with Gasteiger partial charge in [-0.3, -0.25) is 16.3 Å². The fourth-order valence-corrected chi connectivity index (χ4v) is 3.46. The molecule has 1 aromatic heterocycles. The molecular weight excluding hydrogens is 289 g/mol. The van der Waals surface area contributed by atoms with Crippen LogP contribution in [-0.4, -0.2) is 4.98 Å². The van der Waals surface area contributed by atoms with Crippen LogP contribution in [-0.2, 0) is 6.42 Å². The van der Waals surface area contributed by atoms with Crippen molar-refractivity contribution in [3.05, 3.63) is 64.2 Å². The van der Waals surface area contributed by atoms with E-state index in [4.69, 9.17) is 17.4 Å². The highest BCUT2D eigenvalue weighted by Gasteiger charge is 2.32. The zero-order chi connectivity index (χ0) is 14.8. The van der Waals surface area contributed by atoms with Crippen molar-refractivity contribution in [1.29, 1.82) is 0 Å². The maximum atomic E-state index is 14.2.